The van der Waals surface area contributed by atoms with Gasteiger partial charge in [0, 0.05) is 11.3 Å². The van der Waals surface area contributed by atoms with Crippen LogP contribution < -0.4 is 5.32 Å². The van der Waals surface area contributed by atoms with Gasteiger partial charge in [0.05, 0.1) is 6.54 Å². The van der Waals surface area contributed by atoms with Gasteiger partial charge in [0.1, 0.15) is 6.17 Å². The van der Waals surface area contributed by atoms with E-state index in [1.807, 2.05) is 11.8 Å². The molecule has 1 saturated carbocycles. The fourth-order valence-corrected chi connectivity index (χ4v) is 4.62. The lowest BCUT2D eigenvalue weighted by Gasteiger charge is -2.37. The van der Waals surface area contributed by atoms with Crippen LogP contribution in [0.2, 0.25) is 0 Å². The molecule has 3 rings (SSSR count). The van der Waals surface area contributed by atoms with Gasteiger partial charge < -0.3 is 4.90 Å². The van der Waals surface area contributed by atoms with Crippen LogP contribution in [0, 0.1) is 0 Å². The molecule has 0 radical (unpaired) electrons. The fourth-order valence-electron chi connectivity index (χ4n) is 3.20. The van der Waals surface area contributed by atoms with E-state index in [-0.39, 0.29) is 12.1 Å². The van der Waals surface area contributed by atoms with E-state index in [2.05, 4.69) is 33.3 Å². The van der Waals surface area contributed by atoms with Gasteiger partial charge in [0.2, 0.25) is 5.91 Å². The van der Waals surface area contributed by atoms with Crippen molar-refractivity contribution in [1.82, 2.24) is 10.2 Å². The molecule has 0 aromatic carbocycles. The highest BCUT2D eigenvalue weighted by atomic mass is 32.2. The third-order valence-corrected chi connectivity index (χ3v) is 6.08. The first-order valence-corrected chi connectivity index (χ1v) is 9.12. The number of thioether (sulfide) groups is 1. The molecule has 2 heterocycles. The molecule has 5 heteroatoms. The summed E-state index contributed by atoms with van der Waals surface area (Å²) in [6.45, 7) is 0.489. The van der Waals surface area contributed by atoms with Crippen LogP contribution in [0.1, 0.15) is 37.4 Å². The molecule has 0 spiro atoms. The molecule has 1 N–H and O–H groups in total. The number of thiophene rings is 1. The van der Waals surface area contributed by atoms with Gasteiger partial charge >= 0.3 is 0 Å². The van der Waals surface area contributed by atoms with Crippen molar-refractivity contribution in [2.75, 3.05) is 12.8 Å². The zero-order valence-electron chi connectivity index (χ0n) is 11.2. The molecule has 1 saturated heterocycles. The second-order valence-corrected chi connectivity index (χ2v) is 7.23. The van der Waals surface area contributed by atoms with Crippen LogP contribution in [0.15, 0.2) is 16.8 Å². The number of nitrogens with zero attached hydrogens (tertiary/aromatic N) is 1. The predicted molar refractivity (Wildman–Crippen MR) is 81.5 cm³/mol. The lowest BCUT2D eigenvalue weighted by atomic mass is 9.93. The Hall–Kier alpha value is -0.520. The summed E-state index contributed by atoms with van der Waals surface area (Å²) in [4.78, 5) is 14.3. The maximum atomic E-state index is 12.2. The molecule has 1 amide bonds. The van der Waals surface area contributed by atoms with Crippen LogP contribution in [0.25, 0.3) is 0 Å². The van der Waals surface area contributed by atoms with Gasteiger partial charge in [-0.05, 0) is 54.3 Å². The average molecular weight is 296 g/mol. The summed E-state index contributed by atoms with van der Waals surface area (Å²) in [5.74, 6) is 0.267. The standard InChI is InChI=1S/C14H20N2OS2/c1-18-12-4-2-11(3-5-12)16-13(17)8-15-14(16)10-6-7-19-9-10/h6-7,9,11-12,14-15H,2-5,8H2,1H3. The highest BCUT2D eigenvalue weighted by Gasteiger charge is 2.38. The van der Waals surface area contributed by atoms with Crippen molar-refractivity contribution in [2.24, 2.45) is 0 Å². The Morgan fingerprint density at radius 2 is 2.16 bits per heavy atom. The molecule has 1 unspecified atom stereocenters. The number of carbonyl (C=O) groups is 1. The Kier molecular flexibility index (Phi) is 4.15. The molecular formula is C14H20N2OS2. The third-order valence-electron chi connectivity index (χ3n) is 4.24. The van der Waals surface area contributed by atoms with Gasteiger partial charge in [-0.2, -0.15) is 23.1 Å². The van der Waals surface area contributed by atoms with Crippen LogP contribution in [0.3, 0.4) is 0 Å². The Morgan fingerprint density at radius 1 is 1.37 bits per heavy atom. The fraction of sp³-hybridized carbons (Fsp3) is 0.643. The lowest BCUT2D eigenvalue weighted by Crippen LogP contribution is -2.42. The highest BCUT2D eigenvalue weighted by molar-refractivity contribution is 7.99. The normalized spacial score (nSPS) is 31.9. The van der Waals surface area contributed by atoms with E-state index in [1.54, 1.807) is 11.3 Å². The summed E-state index contributed by atoms with van der Waals surface area (Å²) < 4.78 is 0. The quantitative estimate of drug-likeness (QED) is 0.931. The minimum absolute atomic E-state index is 0.106. The van der Waals surface area contributed by atoms with Crippen LogP contribution in [0.4, 0.5) is 0 Å². The van der Waals surface area contributed by atoms with E-state index in [0.717, 1.165) is 18.1 Å². The van der Waals surface area contributed by atoms with E-state index in [0.29, 0.717) is 12.6 Å². The minimum atomic E-state index is 0.106. The van der Waals surface area contributed by atoms with Crippen molar-refractivity contribution in [1.29, 1.82) is 0 Å². The molecule has 2 aliphatic rings. The minimum Gasteiger partial charge on any atom is -0.319 e. The zero-order chi connectivity index (χ0) is 13.2. The molecule has 104 valence electrons. The highest BCUT2D eigenvalue weighted by Crippen LogP contribution is 2.35. The zero-order valence-corrected chi connectivity index (χ0v) is 12.8. The van der Waals surface area contributed by atoms with E-state index in [9.17, 15) is 4.79 Å². The summed E-state index contributed by atoms with van der Waals surface area (Å²) in [5, 5.41) is 8.39. The maximum Gasteiger partial charge on any atom is 0.238 e. The SMILES string of the molecule is CSC1CCC(N2C(=O)CNC2c2ccsc2)CC1. The largest absolute Gasteiger partial charge is 0.319 e. The number of amides is 1. The molecule has 1 atom stereocenters. The Balaban J connectivity index is 1.72. The molecule has 1 aromatic rings. The Morgan fingerprint density at radius 3 is 2.79 bits per heavy atom. The number of hydrogen-bond acceptors (Lipinski definition) is 4. The molecular weight excluding hydrogens is 276 g/mol. The first-order valence-electron chi connectivity index (χ1n) is 6.89. The second-order valence-electron chi connectivity index (χ2n) is 5.31. The average Bonchev–Trinajstić information content (AvgIpc) is 3.08. The summed E-state index contributed by atoms with van der Waals surface area (Å²) in [6, 6.07) is 2.55. The number of nitrogens with one attached hydrogen (secondary N) is 1. The van der Waals surface area contributed by atoms with E-state index in [1.165, 1.54) is 18.4 Å². The Labute approximate surface area is 122 Å². The number of hydrogen-bond donors (Lipinski definition) is 1. The topological polar surface area (TPSA) is 32.3 Å². The maximum absolute atomic E-state index is 12.2. The van der Waals surface area contributed by atoms with Crippen molar-refractivity contribution in [3.05, 3.63) is 22.4 Å². The third kappa shape index (κ3) is 2.69. The van der Waals surface area contributed by atoms with E-state index < -0.39 is 0 Å². The first-order chi connectivity index (χ1) is 9.29. The van der Waals surface area contributed by atoms with Crippen molar-refractivity contribution >= 4 is 29.0 Å². The molecule has 1 aliphatic carbocycles. The van der Waals surface area contributed by atoms with Gasteiger partial charge in [-0.3, -0.25) is 10.1 Å². The monoisotopic (exact) mass is 296 g/mol. The van der Waals surface area contributed by atoms with Gasteiger partial charge in [-0.25, -0.2) is 0 Å². The van der Waals surface area contributed by atoms with E-state index >= 15 is 0 Å². The van der Waals surface area contributed by atoms with Crippen molar-refractivity contribution in [3.8, 4) is 0 Å². The molecule has 3 nitrogen and oxygen atoms in total. The summed E-state index contributed by atoms with van der Waals surface area (Å²) in [6.07, 6.45) is 7.09. The van der Waals surface area contributed by atoms with Gasteiger partial charge in [-0.15, -0.1) is 0 Å². The predicted octanol–water partition coefficient (Wildman–Crippen LogP) is 2.85. The first kappa shape index (κ1) is 13.5. The van der Waals surface area contributed by atoms with Crippen LogP contribution in [0.5, 0.6) is 0 Å². The molecule has 1 aromatic heterocycles. The summed E-state index contributed by atoms with van der Waals surface area (Å²) in [7, 11) is 0. The summed E-state index contributed by atoms with van der Waals surface area (Å²) >= 11 is 3.67. The number of carbonyl (C=O) groups excluding carboxylic acids is 1. The smallest absolute Gasteiger partial charge is 0.238 e. The van der Waals surface area contributed by atoms with Gasteiger partial charge in [0.25, 0.3) is 0 Å². The van der Waals surface area contributed by atoms with Crippen molar-refractivity contribution < 1.29 is 4.79 Å². The lowest BCUT2D eigenvalue weighted by molar-refractivity contribution is -0.131. The molecule has 19 heavy (non-hydrogen) atoms. The van der Waals surface area contributed by atoms with Crippen molar-refractivity contribution in [3.63, 3.8) is 0 Å². The molecule has 0 bridgehead atoms. The number of rotatable bonds is 3. The molecule has 1 aliphatic heterocycles. The van der Waals surface area contributed by atoms with Gasteiger partial charge in [0.15, 0.2) is 0 Å². The van der Waals surface area contributed by atoms with Crippen LogP contribution in [-0.4, -0.2) is 34.9 Å². The van der Waals surface area contributed by atoms with E-state index in [4.69, 9.17) is 0 Å². The summed E-state index contributed by atoms with van der Waals surface area (Å²) in [5.41, 5.74) is 1.24. The van der Waals surface area contributed by atoms with Crippen LogP contribution >= 0.6 is 23.1 Å². The Bertz CT molecular complexity index is 427. The molecule has 2 fully saturated rings. The second kappa shape index (κ2) is 5.85. The van der Waals surface area contributed by atoms with Crippen molar-refractivity contribution in [2.45, 2.75) is 43.1 Å². The van der Waals surface area contributed by atoms with Crippen LogP contribution in [-0.2, 0) is 4.79 Å². The van der Waals surface area contributed by atoms with Gasteiger partial charge in [-0.1, -0.05) is 0 Å².